The molecule has 2 unspecified atom stereocenters. The summed E-state index contributed by atoms with van der Waals surface area (Å²) in [7, 11) is 0. The molecule has 2 nitrogen and oxygen atoms in total. The van der Waals surface area contributed by atoms with E-state index in [0.29, 0.717) is 17.2 Å². The molecule has 0 spiro atoms. The summed E-state index contributed by atoms with van der Waals surface area (Å²) in [6.07, 6.45) is 3.01. The molecule has 1 saturated carbocycles. The van der Waals surface area contributed by atoms with Gasteiger partial charge in [-0.15, -0.1) is 11.6 Å². The molecule has 2 atom stereocenters. The van der Waals surface area contributed by atoms with Crippen LogP contribution < -0.4 is 0 Å². The molecule has 1 aliphatic carbocycles. The smallest absolute Gasteiger partial charge is 0.212 e. The molecule has 0 radical (unpaired) electrons. The van der Waals surface area contributed by atoms with Crippen LogP contribution in [-0.2, 0) is 0 Å². The van der Waals surface area contributed by atoms with Crippen LogP contribution in [-0.4, -0.2) is 4.98 Å². The molecule has 3 heteroatoms. The third-order valence-electron chi connectivity index (χ3n) is 2.74. The van der Waals surface area contributed by atoms with Gasteiger partial charge in [-0.3, -0.25) is 0 Å². The van der Waals surface area contributed by atoms with Gasteiger partial charge in [-0.2, -0.15) is 0 Å². The molecule has 0 amide bonds. The van der Waals surface area contributed by atoms with Crippen molar-refractivity contribution in [3.8, 4) is 0 Å². The van der Waals surface area contributed by atoms with E-state index in [0.717, 1.165) is 5.76 Å². The number of alkyl halides is 1. The molecule has 0 saturated heterocycles. The normalized spacial score (nSPS) is 27.2. The van der Waals surface area contributed by atoms with Gasteiger partial charge in [0.15, 0.2) is 0 Å². The van der Waals surface area contributed by atoms with E-state index in [1.54, 1.807) is 0 Å². The summed E-state index contributed by atoms with van der Waals surface area (Å²) < 4.78 is 5.56. The summed E-state index contributed by atoms with van der Waals surface area (Å²) in [5.74, 6) is 2.18. The standard InChI is InChI=1S/C10H14ClNO/c1-6(11)9-12-5-8(13-9)7-4-10(7,2)3/h5-7H,4H2,1-3H3. The molecular weight excluding hydrogens is 186 g/mol. The lowest BCUT2D eigenvalue weighted by molar-refractivity contribution is 0.439. The quantitative estimate of drug-likeness (QED) is 0.682. The SMILES string of the molecule is CC(Cl)c1ncc(C2CC2(C)C)o1. The Kier molecular flexibility index (Phi) is 1.91. The summed E-state index contributed by atoms with van der Waals surface area (Å²) in [4.78, 5) is 4.14. The Bertz CT molecular complexity index is 316. The molecule has 0 aliphatic heterocycles. The lowest BCUT2D eigenvalue weighted by Gasteiger charge is -1.98. The Labute approximate surface area is 83.3 Å². The maximum atomic E-state index is 5.86. The zero-order valence-electron chi connectivity index (χ0n) is 8.17. The topological polar surface area (TPSA) is 26.0 Å². The Morgan fingerprint density at radius 1 is 1.69 bits per heavy atom. The van der Waals surface area contributed by atoms with Gasteiger partial charge in [0, 0.05) is 5.92 Å². The van der Waals surface area contributed by atoms with Crippen molar-refractivity contribution in [1.29, 1.82) is 0 Å². The van der Waals surface area contributed by atoms with E-state index in [1.807, 2.05) is 13.1 Å². The second kappa shape index (κ2) is 2.74. The Morgan fingerprint density at radius 3 is 2.69 bits per heavy atom. The molecule has 1 fully saturated rings. The highest BCUT2D eigenvalue weighted by Crippen LogP contribution is 2.58. The van der Waals surface area contributed by atoms with E-state index in [9.17, 15) is 0 Å². The van der Waals surface area contributed by atoms with Crippen molar-refractivity contribution in [2.75, 3.05) is 0 Å². The van der Waals surface area contributed by atoms with Crippen LogP contribution in [0, 0.1) is 5.41 Å². The van der Waals surface area contributed by atoms with Crippen molar-refractivity contribution in [2.45, 2.75) is 38.5 Å². The maximum absolute atomic E-state index is 5.86. The third kappa shape index (κ3) is 1.60. The summed E-state index contributed by atoms with van der Waals surface area (Å²) in [6.45, 7) is 6.35. The Hall–Kier alpha value is -0.500. The monoisotopic (exact) mass is 199 g/mol. The first kappa shape index (κ1) is 9.07. The minimum atomic E-state index is -0.129. The number of hydrogen-bond acceptors (Lipinski definition) is 2. The lowest BCUT2D eigenvalue weighted by Crippen LogP contribution is -1.87. The molecule has 0 aromatic carbocycles. The number of halogens is 1. The van der Waals surface area contributed by atoms with E-state index < -0.39 is 0 Å². The Balaban J connectivity index is 2.16. The van der Waals surface area contributed by atoms with Gasteiger partial charge >= 0.3 is 0 Å². The molecule has 0 N–H and O–H groups in total. The molecule has 1 aliphatic rings. The summed E-state index contributed by atoms with van der Waals surface area (Å²) in [6, 6.07) is 0. The first-order valence-corrected chi connectivity index (χ1v) is 5.04. The third-order valence-corrected chi connectivity index (χ3v) is 2.93. The fourth-order valence-electron chi connectivity index (χ4n) is 1.60. The van der Waals surface area contributed by atoms with Crippen LogP contribution in [0.3, 0.4) is 0 Å². The van der Waals surface area contributed by atoms with Crippen molar-refractivity contribution in [3.05, 3.63) is 17.8 Å². The highest BCUT2D eigenvalue weighted by atomic mass is 35.5. The second-order valence-electron chi connectivity index (χ2n) is 4.46. The largest absolute Gasteiger partial charge is 0.444 e. The molecule has 2 rings (SSSR count). The van der Waals surface area contributed by atoms with Crippen LogP contribution in [0.2, 0.25) is 0 Å². The predicted molar refractivity (Wildman–Crippen MR) is 51.9 cm³/mol. The van der Waals surface area contributed by atoms with Crippen LogP contribution >= 0.6 is 11.6 Å². The zero-order chi connectivity index (χ0) is 9.64. The molecule has 0 bridgehead atoms. The number of oxazole rings is 1. The van der Waals surface area contributed by atoms with Crippen molar-refractivity contribution in [3.63, 3.8) is 0 Å². The number of rotatable bonds is 2. The van der Waals surface area contributed by atoms with Gasteiger partial charge in [0.25, 0.3) is 0 Å². The van der Waals surface area contributed by atoms with E-state index in [-0.39, 0.29) is 5.38 Å². The van der Waals surface area contributed by atoms with Crippen LogP contribution in [0.1, 0.15) is 50.1 Å². The molecule has 72 valence electrons. The van der Waals surface area contributed by atoms with Crippen molar-refractivity contribution in [2.24, 2.45) is 5.41 Å². The first-order chi connectivity index (χ1) is 6.00. The molecule has 1 heterocycles. The summed E-state index contributed by atoms with van der Waals surface area (Å²) >= 11 is 5.86. The molecule has 13 heavy (non-hydrogen) atoms. The first-order valence-electron chi connectivity index (χ1n) is 4.60. The Morgan fingerprint density at radius 2 is 2.31 bits per heavy atom. The van der Waals surface area contributed by atoms with Crippen molar-refractivity contribution < 1.29 is 4.42 Å². The van der Waals surface area contributed by atoms with Crippen molar-refractivity contribution >= 4 is 11.6 Å². The fraction of sp³-hybridized carbons (Fsp3) is 0.700. The lowest BCUT2D eigenvalue weighted by atomic mass is 10.1. The number of nitrogens with zero attached hydrogens (tertiary/aromatic N) is 1. The minimum Gasteiger partial charge on any atom is -0.444 e. The second-order valence-corrected chi connectivity index (χ2v) is 5.12. The fourth-order valence-corrected chi connectivity index (χ4v) is 1.70. The number of aromatic nitrogens is 1. The highest BCUT2D eigenvalue weighted by molar-refractivity contribution is 6.20. The summed E-state index contributed by atoms with van der Waals surface area (Å²) in [5.41, 5.74) is 0.395. The van der Waals surface area contributed by atoms with Gasteiger partial charge in [-0.1, -0.05) is 13.8 Å². The van der Waals surface area contributed by atoms with E-state index in [1.165, 1.54) is 6.42 Å². The molecular formula is C10H14ClNO. The van der Waals surface area contributed by atoms with E-state index in [2.05, 4.69) is 18.8 Å². The van der Waals surface area contributed by atoms with Gasteiger partial charge in [-0.25, -0.2) is 4.98 Å². The van der Waals surface area contributed by atoms with E-state index in [4.69, 9.17) is 16.0 Å². The van der Waals surface area contributed by atoms with Gasteiger partial charge in [0.1, 0.15) is 11.1 Å². The van der Waals surface area contributed by atoms with Crippen LogP contribution in [0.25, 0.3) is 0 Å². The zero-order valence-corrected chi connectivity index (χ0v) is 8.93. The highest BCUT2D eigenvalue weighted by Gasteiger charge is 2.48. The molecule has 1 aromatic rings. The van der Waals surface area contributed by atoms with Crippen molar-refractivity contribution in [1.82, 2.24) is 4.98 Å². The average Bonchev–Trinajstić information content (AvgIpc) is 2.50. The maximum Gasteiger partial charge on any atom is 0.212 e. The van der Waals surface area contributed by atoms with Gasteiger partial charge in [0.2, 0.25) is 5.89 Å². The van der Waals surface area contributed by atoms with Crippen LogP contribution in [0.4, 0.5) is 0 Å². The molecule has 1 aromatic heterocycles. The van der Waals surface area contributed by atoms with Crippen LogP contribution in [0.15, 0.2) is 10.6 Å². The van der Waals surface area contributed by atoms with Gasteiger partial charge in [0.05, 0.1) is 6.20 Å². The average molecular weight is 200 g/mol. The number of hydrogen-bond donors (Lipinski definition) is 0. The van der Waals surface area contributed by atoms with Gasteiger partial charge < -0.3 is 4.42 Å². The van der Waals surface area contributed by atoms with Gasteiger partial charge in [-0.05, 0) is 18.8 Å². The minimum absolute atomic E-state index is 0.129. The summed E-state index contributed by atoms with van der Waals surface area (Å²) in [5, 5.41) is -0.129. The van der Waals surface area contributed by atoms with Crippen LogP contribution in [0.5, 0.6) is 0 Å². The van der Waals surface area contributed by atoms with E-state index >= 15 is 0 Å². The predicted octanol–water partition coefficient (Wildman–Crippen LogP) is 3.49.